The van der Waals surface area contributed by atoms with Gasteiger partial charge in [-0.05, 0) is 24.4 Å². The van der Waals surface area contributed by atoms with Gasteiger partial charge in [0.1, 0.15) is 5.15 Å². The highest BCUT2D eigenvalue weighted by molar-refractivity contribution is 7.19. The van der Waals surface area contributed by atoms with Gasteiger partial charge in [-0.3, -0.25) is 0 Å². The molecule has 3 aromatic heterocycles. The lowest BCUT2D eigenvalue weighted by molar-refractivity contribution is 0.839. The first-order chi connectivity index (χ1) is 9.63. The van der Waals surface area contributed by atoms with Gasteiger partial charge in [-0.15, -0.1) is 22.7 Å². The first-order valence-electron chi connectivity index (χ1n) is 6.25. The summed E-state index contributed by atoms with van der Waals surface area (Å²) in [4.78, 5) is 6.77. The SMILES string of the molecule is C[C@@H](N)c1cc2nc(Cl)cc(NCc3cccs3)c2s1. The van der Waals surface area contributed by atoms with Gasteiger partial charge in [0.2, 0.25) is 0 Å². The molecule has 3 aromatic rings. The fraction of sp³-hybridized carbons (Fsp3) is 0.214. The Morgan fingerprint density at radius 3 is 3.00 bits per heavy atom. The predicted molar refractivity (Wildman–Crippen MR) is 88.9 cm³/mol. The maximum absolute atomic E-state index is 6.10. The molecule has 0 saturated carbocycles. The maximum Gasteiger partial charge on any atom is 0.131 e. The monoisotopic (exact) mass is 323 g/mol. The number of thiophene rings is 2. The van der Waals surface area contributed by atoms with Crippen LogP contribution in [0.15, 0.2) is 29.6 Å². The van der Waals surface area contributed by atoms with E-state index >= 15 is 0 Å². The normalized spacial score (nSPS) is 12.8. The van der Waals surface area contributed by atoms with Gasteiger partial charge in [0, 0.05) is 28.4 Å². The Balaban J connectivity index is 1.96. The summed E-state index contributed by atoms with van der Waals surface area (Å²) in [5.41, 5.74) is 7.87. The van der Waals surface area contributed by atoms with E-state index in [4.69, 9.17) is 17.3 Å². The van der Waals surface area contributed by atoms with E-state index in [1.54, 1.807) is 22.7 Å². The molecule has 0 aliphatic rings. The van der Waals surface area contributed by atoms with E-state index < -0.39 is 0 Å². The molecule has 6 heteroatoms. The number of hydrogen-bond donors (Lipinski definition) is 2. The molecule has 0 radical (unpaired) electrons. The van der Waals surface area contributed by atoms with E-state index in [1.807, 2.05) is 19.1 Å². The minimum Gasteiger partial charge on any atom is -0.379 e. The van der Waals surface area contributed by atoms with Crippen molar-refractivity contribution in [1.29, 1.82) is 0 Å². The third-order valence-corrected chi connectivity index (χ3v) is 5.38. The highest BCUT2D eigenvalue weighted by atomic mass is 35.5. The summed E-state index contributed by atoms with van der Waals surface area (Å²) < 4.78 is 1.11. The highest BCUT2D eigenvalue weighted by Gasteiger charge is 2.11. The summed E-state index contributed by atoms with van der Waals surface area (Å²) in [5, 5.41) is 6.01. The molecule has 0 saturated heterocycles. The van der Waals surface area contributed by atoms with Crippen molar-refractivity contribution < 1.29 is 0 Å². The third kappa shape index (κ3) is 2.81. The molecule has 3 N–H and O–H groups in total. The number of nitrogens with two attached hydrogens (primary N) is 1. The van der Waals surface area contributed by atoms with Crippen LogP contribution in [0.4, 0.5) is 5.69 Å². The molecule has 0 bridgehead atoms. The van der Waals surface area contributed by atoms with Crippen molar-refractivity contribution in [2.45, 2.75) is 19.5 Å². The van der Waals surface area contributed by atoms with Crippen LogP contribution in [-0.2, 0) is 6.54 Å². The Labute approximate surface area is 130 Å². The molecule has 0 amide bonds. The number of pyridine rings is 1. The molecule has 0 spiro atoms. The van der Waals surface area contributed by atoms with Crippen LogP contribution in [0.3, 0.4) is 0 Å². The summed E-state index contributed by atoms with van der Waals surface area (Å²) >= 11 is 9.50. The van der Waals surface area contributed by atoms with Crippen LogP contribution < -0.4 is 11.1 Å². The zero-order valence-corrected chi connectivity index (χ0v) is 13.3. The van der Waals surface area contributed by atoms with Crippen LogP contribution in [0, 0.1) is 0 Å². The lowest BCUT2D eigenvalue weighted by atomic mass is 10.2. The number of anilines is 1. The van der Waals surface area contributed by atoms with Gasteiger partial charge in [0.25, 0.3) is 0 Å². The van der Waals surface area contributed by atoms with Gasteiger partial charge in [-0.2, -0.15) is 0 Å². The van der Waals surface area contributed by atoms with Crippen molar-refractivity contribution in [3.05, 3.63) is 44.6 Å². The Morgan fingerprint density at radius 1 is 1.45 bits per heavy atom. The summed E-state index contributed by atoms with van der Waals surface area (Å²) in [7, 11) is 0. The number of nitrogens with one attached hydrogen (secondary N) is 1. The number of rotatable bonds is 4. The zero-order valence-electron chi connectivity index (χ0n) is 10.9. The average Bonchev–Trinajstić information content (AvgIpc) is 3.04. The quantitative estimate of drug-likeness (QED) is 0.687. The highest BCUT2D eigenvalue weighted by Crippen LogP contribution is 2.35. The largest absolute Gasteiger partial charge is 0.379 e. The standard InChI is InChI=1S/C14H14ClN3S2/c1-8(16)12-5-11-14(20-12)10(6-13(15)18-11)17-7-9-3-2-4-19-9/h2-6,8H,7,16H2,1H3,(H,17,18)/t8-/m1/s1. The number of fused-ring (bicyclic) bond motifs is 1. The minimum atomic E-state index is 0.0121. The van der Waals surface area contributed by atoms with Crippen LogP contribution in [0.1, 0.15) is 22.7 Å². The van der Waals surface area contributed by atoms with E-state index in [1.165, 1.54) is 4.88 Å². The smallest absolute Gasteiger partial charge is 0.131 e. The number of aromatic nitrogens is 1. The molecule has 0 aliphatic carbocycles. The molecule has 0 unspecified atom stereocenters. The van der Waals surface area contributed by atoms with Crippen molar-refractivity contribution in [1.82, 2.24) is 4.98 Å². The van der Waals surface area contributed by atoms with Crippen LogP contribution in [0.5, 0.6) is 0 Å². The molecule has 1 atom stereocenters. The van der Waals surface area contributed by atoms with Crippen LogP contribution in [0.25, 0.3) is 10.2 Å². The van der Waals surface area contributed by atoms with Gasteiger partial charge in [-0.25, -0.2) is 4.98 Å². The van der Waals surface area contributed by atoms with E-state index in [9.17, 15) is 0 Å². The van der Waals surface area contributed by atoms with Crippen molar-refractivity contribution in [2.75, 3.05) is 5.32 Å². The Hall–Kier alpha value is -1.14. The first kappa shape index (κ1) is 13.8. The minimum absolute atomic E-state index is 0.0121. The van der Waals surface area contributed by atoms with Crippen LogP contribution in [0.2, 0.25) is 5.15 Å². The molecule has 0 aromatic carbocycles. The van der Waals surface area contributed by atoms with Crippen molar-refractivity contribution in [3.8, 4) is 0 Å². The van der Waals surface area contributed by atoms with Gasteiger partial charge in [0.15, 0.2) is 0 Å². The van der Waals surface area contributed by atoms with Gasteiger partial charge in [0.05, 0.1) is 15.9 Å². The fourth-order valence-electron chi connectivity index (χ4n) is 1.96. The second kappa shape index (κ2) is 5.69. The second-order valence-corrected chi connectivity index (χ2v) is 7.08. The lowest BCUT2D eigenvalue weighted by Gasteiger charge is -2.06. The molecule has 104 valence electrons. The molecule has 3 heterocycles. The third-order valence-electron chi connectivity index (χ3n) is 2.95. The van der Waals surface area contributed by atoms with Gasteiger partial charge < -0.3 is 11.1 Å². The molecule has 3 nitrogen and oxygen atoms in total. The summed E-state index contributed by atoms with van der Waals surface area (Å²) in [6.07, 6.45) is 0. The van der Waals surface area contributed by atoms with E-state index in [2.05, 4.69) is 27.8 Å². The first-order valence-corrected chi connectivity index (χ1v) is 8.32. The Bertz CT molecular complexity index is 719. The number of halogens is 1. The molecule has 0 fully saturated rings. The van der Waals surface area contributed by atoms with Crippen molar-refractivity contribution in [2.24, 2.45) is 5.73 Å². The van der Waals surface area contributed by atoms with Gasteiger partial charge >= 0.3 is 0 Å². The lowest BCUT2D eigenvalue weighted by Crippen LogP contribution is -2.01. The summed E-state index contributed by atoms with van der Waals surface area (Å²) in [5.74, 6) is 0. The van der Waals surface area contributed by atoms with Gasteiger partial charge in [-0.1, -0.05) is 17.7 Å². The Morgan fingerprint density at radius 2 is 2.30 bits per heavy atom. The zero-order chi connectivity index (χ0) is 14.1. The number of nitrogens with zero attached hydrogens (tertiary/aromatic N) is 1. The molecule has 20 heavy (non-hydrogen) atoms. The van der Waals surface area contributed by atoms with Crippen LogP contribution in [-0.4, -0.2) is 4.98 Å². The van der Waals surface area contributed by atoms with Crippen molar-refractivity contribution >= 4 is 50.2 Å². The Kier molecular flexibility index (Phi) is 3.94. The summed E-state index contributed by atoms with van der Waals surface area (Å²) in [6, 6.07) is 8.07. The fourth-order valence-corrected chi connectivity index (χ4v) is 3.85. The van der Waals surface area contributed by atoms with E-state index in [0.717, 1.165) is 27.3 Å². The predicted octanol–water partition coefficient (Wildman–Crippen LogP) is 4.64. The molecular formula is C14H14ClN3S2. The maximum atomic E-state index is 6.10. The second-order valence-electron chi connectivity index (χ2n) is 4.58. The van der Waals surface area contributed by atoms with E-state index in [0.29, 0.717) is 5.15 Å². The van der Waals surface area contributed by atoms with Crippen molar-refractivity contribution in [3.63, 3.8) is 0 Å². The average molecular weight is 324 g/mol. The molecule has 3 rings (SSSR count). The molecule has 0 aliphatic heterocycles. The summed E-state index contributed by atoms with van der Waals surface area (Å²) in [6.45, 7) is 2.77. The van der Waals surface area contributed by atoms with E-state index in [-0.39, 0.29) is 6.04 Å². The topological polar surface area (TPSA) is 50.9 Å². The van der Waals surface area contributed by atoms with Crippen LogP contribution >= 0.6 is 34.3 Å². The molecular weight excluding hydrogens is 310 g/mol. The number of hydrogen-bond acceptors (Lipinski definition) is 5.